The zero-order chi connectivity index (χ0) is 45.8. The van der Waals surface area contributed by atoms with Crippen molar-refractivity contribution in [3.63, 3.8) is 0 Å². The number of hydrogen-bond donors (Lipinski definition) is 0. The molecule has 0 aliphatic heterocycles. The third kappa shape index (κ3) is 49.0. The van der Waals surface area contributed by atoms with Crippen molar-refractivity contribution in [1.29, 1.82) is 0 Å². The summed E-state index contributed by atoms with van der Waals surface area (Å²) in [7, 11) is 0. The molecule has 0 bridgehead atoms. The largest absolute Gasteiger partial charge is 0.462 e. The summed E-state index contributed by atoms with van der Waals surface area (Å²) in [6.45, 7) is 6.21. The average Bonchev–Trinajstić information content (AvgIpc) is 3.28. The molecule has 0 heterocycles. The maximum Gasteiger partial charge on any atom is 0.306 e. The lowest BCUT2D eigenvalue weighted by molar-refractivity contribution is -0.167. The molecule has 0 unspecified atom stereocenters. The highest BCUT2D eigenvalue weighted by Gasteiger charge is 2.19. The molecule has 63 heavy (non-hydrogen) atoms. The van der Waals surface area contributed by atoms with E-state index < -0.39 is 6.10 Å². The van der Waals surface area contributed by atoms with Gasteiger partial charge < -0.3 is 14.2 Å². The highest BCUT2D eigenvalue weighted by Crippen LogP contribution is 2.14. The van der Waals surface area contributed by atoms with Crippen LogP contribution in [0.2, 0.25) is 0 Å². The quantitative estimate of drug-likeness (QED) is 0.0263. The molecule has 0 aliphatic rings. The van der Waals surface area contributed by atoms with Crippen molar-refractivity contribution in [3.05, 3.63) is 109 Å². The van der Waals surface area contributed by atoms with Gasteiger partial charge in [0.2, 0.25) is 0 Å². The summed E-state index contributed by atoms with van der Waals surface area (Å²) in [5.41, 5.74) is 0. The zero-order valence-corrected chi connectivity index (χ0v) is 40.5. The van der Waals surface area contributed by atoms with E-state index in [0.29, 0.717) is 19.3 Å². The third-order valence-electron chi connectivity index (χ3n) is 10.4. The van der Waals surface area contributed by atoms with E-state index in [9.17, 15) is 14.4 Å². The van der Waals surface area contributed by atoms with Crippen molar-refractivity contribution in [2.45, 2.75) is 219 Å². The van der Waals surface area contributed by atoms with Crippen LogP contribution in [0.5, 0.6) is 0 Å². The van der Waals surface area contributed by atoms with Gasteiger partial charge in [-0.2, -0.15) is 0 Å². The molecule has 0 aliphatic carbocycles. The second kappa shape index (κ2) is 50.7. The molecule has 6 heteroatoms. The van der Waals surface area contributed by atoms with Gasteiger partial charge in [-0.3, -0.25) is 14.4 Å². The molecule has 0 saturated heterocycles. The Morgan fingerprint density at radius 2 is 0.571 bits per heavy atom. The SMILES string of the molecule is CC\C=C/C=C\C=C/CCCCCCCCCC(=O)OCC(COC(=O)CCCCCCCCC\C=C/C=C\C=C/CC)OC(=O)CCCCCCCCC\C=C/C=C\C=C/CC. The van der Waals surface area contributed by atoms with Crippen LogP contribution in [-0.4, -0.2) is 37.2 Å². The van der Waals surface area contributed by atoms with E-state index in [1.54, 1.807) is 0 Å². The Bertz CT molecular complexity index is 1260. The van der Waals surface area contributed by atoms with Gasteiger partial charge in [-0.15, -0.1) is 0 Å². The second-order valence-corrected chi connectivity index (χ2v) is 16.5. The first-order valence-electron chi connectivity index (χ1n) is 25.5. The molecule has 0 aromatic carbocycles. The molecule has 0 saturated carbocycles. The van der Waals surface area contributed by atoms with Gasteiger partial charge in [-0.25, -0.2) is 0 Å². The Kier molecular flexibility index (Phi) is 47.5. The van der Waals surface area contributed by atoms with E-state index in [4.69, 9.17) is 14.2 Å². The number of ether oxygens (including phenoxy) is 3. The average molecular weight is 873 g/mol. The number of unbranched alkanes of at least 4 members (excludes halogenated alkanes) is 21. The minimum atomic E-state index is -0.796. The molecule has 0 N–H and O–H groups in total. The van der Waals surface area contributed by atoms with Gasteiger partial charge in [-0.05, 0) is 77.0 Å². The van der Waals surface area contributed by atoms with Gasteiger partial charge in [0.1, 0.15) is 13.2 Å². The molecule has 356 valence electrons. The van der Waals surface area contributed by atoms with Crippen molar-refractivity contribution in [3.8, 4) is 0 Å². The number of carbonyl (C=O) groups is 3. The van der Waals surface area contributed by atoms with Crippen LogP contribution in [-0.2, 0) is 28.6 Å². The predicted octanol–water partition coefficient (Wildman–Crippen LogP) is 16.8. The van der Waals surface area contributed by atoms with Crippen molar-refractivity contribution in [2.24, 2.45) is 0 Å². The first kappa shape index (κ1) is 59.1. The minimum Gasteiger partial charge on any atom is -0.462 e. The number of hydrogen-bond acceptors (Lipinski definition) is 6. The molecular formula is C57H92O6. The van der Waals surface area contributed by atoms with Crippen molar-refractivity contribution >= 4 is 17.9 Å². The van der Waals surface area contributed by atoms with Gasteiger partial charge in [-0.1, -0.05) is 226 Å². The van der Waals surface area contributed by atoms with Gasteiger partial charge in [0, 0.05) is 19.3 Å². The minimum absolute atomic E-state index is 0.0955. The van der Waals surface area contributed by atoms with Crippen LogP contribution in [0.25, 0.3) is 0 Å². The third-order valence-corrected chi connectivity index (χ3v) is 10.4. The van der Waals surface area contributed by atoms with E-state index >= 15 is 0 Å². The van der Waals surface area contributed by atoms with Crippen molar-refractivity contribution in [2.75, 3.05) is 13.2 Å². The van der Waals surface area contributed by atoms with Crippen LogP contribution in [0.3, 0.4) is 0 Å². The fraction of sp³-hybridized carbons (Fsp3) is 0.632. The monoisotopic (exact) mass is 873 g/mol. The predicted molar refractivity (Wildman–Crippen MR) is 270 cm³/mol. The number of allylic oxidation sites excluding steroid dienone is 18. The van der Waals surface area contributed by atoms with E-state index in [0.717, 1.165) is 103 Å². The lowest BCUT2D eigenvalue weighted by Gasteiger charge is -2.18. The van der Waals surface area contributed by atoms with Crippen LogP contribution in [0.1, 0.15) is 213 Å². The summed E-state index contributed by atoms with van der Waals surface area (Å²) < 4.78 is 16.8. The van der Waals surface area contributed by atoms with Crippen LogP contribution >= 0.6 is 0 Å². The zero-order valence-electron chi connectivity index (χ0n) is 40.5. The van der Waals surface area contributed by atoms with Crippen molar-refractivity contribution < 1.29 is 28.6 Å². The first-order chi connectivity index (χ1) is 31.0. The standard InChI is InChI=1S/C57H92O6/c1-4-7-10-13-16-19-22-25-28-31-34-37-40-43-46-49-55(58)61-52-54(63-57(60)51-48-45-42-39-36-33-30-27-24-21-18-15-12-9-6-3)53-62-56(59)50-47-44-41-38-35-32-29-26-23-20-17-14-11-8-5-2/h7-24,54H,4-6,25-53H2,1-3H3/b10-7-,11-8-,12-9-,16-13-,17-14-,18-15-,22-19-,23-20-,24-21-. The van der Waals surface area contributed by atoms with Gasteiger partial charge in [0.25, 0.3) is 0 Å². The van der Waals surface area contributed by atoms with E-state index in [-0.39, 0.29) is 31.1 Å². The maximum absolute atomic E-state index is 12.8. The Morgan fingerprint density at radius 1 is 0.317 bits per heavy atom. The smallest absolute Gasteiger partial charge is 0.306 e. The van der Waals surface area contributed by atoms with Crippen LogP contribution in [0, 0.1) is 0 Å². The molecule has 0 aromatic rings. The Hall–Kier alpha value is -3.93. The number of rotatable bonds is 44. The normalized spacial score (nSPS) is 12.6. The summed E-state index contributed by atoms with van der Waals surface area (Å²) in [5, 5.41) is 0. The summed E-state index contributed by atoms with van der Waals surface area (Å²) in [5.74, 6) is -0.936. The molecule has 0 amide bonds. The second-order valence-electron chi connectivity index (χ2n) is 16.5. The molecular weight excluding hydrogens is 781 g/mol. The lowest BCUT2D eigenvalue weighted by atomic mass is 10.1. The van der Waals surface area contributed by atoms with Gasteiger partial charge in [0.05, 0.1) is 0 Å². The van der Waals surface area contributed by atoms with E-state index in [2.05, 4.69) is 130 Å². The maximum atomic E-state index is 12.8. The molecule has 6 nitrogen and oxygen atoms in total. The Balaban J connectivity index is 4.46. The molecule has 0 atom stereocenters. The Morgan fingerprint density at radius 3 is 0.873 bits per heavy atom. The van der Waals surface area contributed by atoms with Crippen LogP contribution in [0.4, 0.5) is 0 Å². The number of carbonyl (C=O) groups excluding carboxylic acids is 3. The Labute approximate surface area is 387 Å². The summed E-state index contributed by atoms with van der Waals surface area (Å²) in [4.78, 5) is 38.0. The molecule has 0 fully saturated rings. The summed E-state index contributed by atoms with van der Waals surface area (Å²) in [6.07, 6.45) is 67.8. The lowest BCUT2D eigenvalue weighted by Crippen LogP contribution is -2.30. The molecule has 0 aromatic heterocycles. The molecule has 0 spiro atoms. The van der Waals surface area contributed by atoms with Crippen LogP contribution < -0.4 is 0 Å². The number of esters is 3. The summed E-state index contributed by atoms with van der Waals surface area (Å²) in [6, 6.07) is 0. The van der Waals surface area contributed by atoms with Gasteiger partial charge >= 0.3 is 17.9 Å². The fourth-order valence-electron chi connectivity index (χ4n) is 6.68. The van der Waals surface area contributed by atoms with Crippen LogP contribution in [0.15, 0.2) is 109 Å². The summed E-state index contributed by atoms with van der Waals surface area (Å²) >= 11 is 0. The van der Waals surface area contributed by atoms with E-state index in [1.165, 1.54) is 70.6 Å². The topological polar surface area (TPSA) is 78.9 Å². The molecule has 0 rings (SSSR count). The molecule has 0 radical (unpaired) electrons. The highest BCUT2D eigenvalue weighted by atomic mass is 16.6. The fourth-order valence-corrected chi connectivity index (χ4v) is 6.68. The van der Waals surface area contributed by atoms with Gasteiger partial charge in [0.15, 0.2) is 6.10 Å². The highest BCUT2D eigenvalue weighted by molar-refractivity contribution is 5.71. The van der Waals surface area contributed by atoms with Crippen molar-refractivity contribution in [1.82, 2.24) is 0 Å². The first-order valence-corrected chi connectivity index (χ1v) is 25.5. The van der Waals surface area contributed by atoms with E-state index in [1.807, 2.05) is 0 Å².